The highest BCUT2D eigenvalue weighted by Crippen LogP contribution is 2.40. The minimum atomic E-state index is -0.0284. The number of carbonyl (C=O) groups excluding carboxylic acids is 1. The van der Waals surface area contributed by atoms with Gasteiger partial charge in [0, 0.05) is 36.4 Å². The van der Waals surface area contributed by atoms with Crippen molar-refractivity contribution < 1.29 is 9.21 Å². The molecule has 168 valence electrons. The van der Waals surface area contributed by atoms with Gasteiger partial charge in [0.2, 0.25) is 5.71 Å². The third kappa shape index (κ3) is 4.06. The number of likely N-dealkylation sites (tertiary alicyclic amines) is 1. The summed E-state index contributed by atoms with van der Waals surface area (Å²) in [6.45, 7) is 7.51. The minimum Gasteiger partial charge on any atom is -0.445 e. The number of nitrogens with one attached hydrogen (secondary N) is 1. The smallest absolute Gasteiger partial charge is 0.257 e. The molecule has 5 rings (SSSR count). The molecule has 8 nitrogen and oxygen atoms in total. The zero-order valence-corrected chi connectivity index (χ0v) is 19.0. The van der Waals surface area contributed by atoms with E-state index in [1.54, 1.807) is 0 Å². The van der Waals surface area contributed by atoms with Crippen LogP contribution in [0.15, 0.2) is 22.9 Å². The van der Waals surface area contributed by atoms with E-state index in [2.05, 4.69) is 34.1 Å². The fourth-order valence-electron chi connectivity index (χ4n) is 4.41. The fraction of sp³-hybridized carbons (Fsp3) is 0.542. The molecule has 0 atom stereocenters. The second-order valence-electron chi connectivity index (χ2n) is 9.36. The van der Waals surface area contributed by atoms with Crippen LogP contribution in [0.25, 0.3) is 11.1 Å². The van der Waals surface area contributed by atoms with E-state index in [1.807, 2.05) is 24.1 Å². The molecule has 1 amide bonds. The number of hydrogen-bond donors (Lipinski definition) is 1. The van der Waals surface area contributed by atoms with Gasteiger partial charge >= 0.3 is 0 Å². The lowest BCUT2D eigenvalue weighted by Gasteiger charge is -2.31. The first kappa shape index (κ1) is 20.8. The first-order valence-corrected chi connectivity index (χ1v) is 11.6. The lowest BCUT2D eigenvalue weighted by atomic mass is 9.95. The van der Waals surface area contributed by atoms with Crippen LogP contribution in [0.2, 0.25) is 0 Å². The Morgan fingerprint density at radius 3 is 2.75 bits per heavy atom. The Balaban J connectivity index is 1.34. The summed E-state index contributed by atoms with van der Waals surface area (Å²) >= 11 is 0. The van der Waals surface area contributed by atoms with E-state index in [0.29, 0.717) is 41.4 Å². The first-order chi connectivity index (χ1) is 15.5. The second-order valence-corrected chi connectivity index (χ2v) is 9.36. The van der Waals surface area contributed by atoms with Crippen molar-refractivity contribution >= 4 is 22.8 Å². The van der Waals surface area contributed by atoms with Crippen molar-refractivity contribution in [2.45, 2.75) is 70.8 Å². The van der Waals surface area contributed by atoms with Crippen LogP contribution in [-0.4, -0.2) is 49.4 Å². The summed E-state index contributed by atoms with van der Waals surface area (Å²) < 4.78 is 5.69. The molecule has 1 aliphatic heterocycles. The second kappa shape index (κ2) is 8.15. The predicted octanol–water partition coefficient (Wildman–Crippen LogP) is 4.26. The summed E-state index contributed by atoms with van der Waals surface area (Å²) in [4.78, 5) is 33.6. The molecule has 1 N–H and O–H groups in total. The zero-order valence-electron chi connectivity index (χ0n) is 19.0. The van der Waals surface area contributed by atoms with Crippen LogP contribution in [-0.2, 0) is 6.42 Å². The largest absolute Gasteiger partial charge is 0.445 e. The molecule has 0 bridgehead atoms. The Morgan fingerprint density at radius 1 is 1.25 bits per heavy atom. The quantitative estimate of drug-likeness (QED) is 0.619. The molecule has 2 aliphatic rings. The molecule has 3 aromatic heterocycles. The molecule has 2 fully saturated rings. The van der Waals surface area contributed by atoms with Crippen LogP contribution >= 0.6 is 0 Å². The monoisotopic (exact) mass is 434 g/mol. The van der Waals surface area contributed by atoms with Gasteiger partial charge in [-0.15, -0.1) is 0 Å². The van der Waals surface area contributed by atoms with Gasteiger partial charge < -0.3 is 14.6 Å². The Hall–Kier alpha value is -3.03. The van der Waals surface area contributed by atoms with Gasteiger partial charge in [-0.1, -0.05) is 13.3 Å². The number of aromatic nitrogens is 4. The van der Waals surface area contributed by atoms with Crippen molar-refractivity contribution in [2.24, 2.45) is 0 Å². The minimum absolute atomic E-state index is 0.0284. The van der Waals surface area contributed by atoms with Gasteiger partial charge in [0.25, 0.3) is 5.91 Å². The maximum atomic E-state index is 13.4. The number of aryl methyl sites for hydroxylation is 2. The Morgan fingerprint density at radius 2 is 2.03 bits per heavy atom. The van der Waals surface area contributed by atoms with Crippen LogP contribution in [0.4, 0.5) is 5.82 Å². The molecule has 0 spiro atoms. The third-order valence-electron chi connectivity index (χ3n) is 6.58. The normalized spacial score (nSPS) is 18.2. The highest BCUT2D eigenvalue weighted by Gasteiger charge is 2.39. The van der Waals surface area contributed by atoms with Crippen LogP contribution in [0.5, 0.6) is 0 Å². The first-order valence-electron chi connectivity index (χ1n) is 11.6. The SMILES string of the molecule is CCCc1ccnc(C2CCN(C(=O)c3coc4nc(C)nc(NC5(C)CC5)c34)CC2)n1. The summed E-state index contributed by atoms with van der Waals surface area (Å²) in [5.74, 6) is 2.49. The number of amides is 1. The molecule has 0 unspecified atom stereocenters. The molecular weight excluding hydrogens is 404 g/mol. The molecule has 0 radical (unpaired) electrons. The van der Waals surface area contributed by atoms with Crippen molar-refractivity contribution in [1.29, 1.82) is 0 Å². The fourth-order valence-corrected chi connectivity index (χ4v) is 4.41. The van der Waals surface area contributed by atoms with Crippen LogP contribution in [0.1, 0.15) is 79.6 Å². The molecule has 32 heavy (non-hydrogen) atoms. The van der Waals surface area contributed by atoms with Gasteiger partial charge in [-0.2, -0.15) is 4.98 Å². The number of anilines is 1. The van der Waals surface area contributed by atoms with Crippen LogP contribution in [0.3, 0.4) is 0 Å². The average molecular weight is 435 g/mol. The number of hydrogen-bond acceptors (Lipinski definition) is 7. The number of carbonyl (C=O) groups is 1. The van der Waals surface area contributed by atoms with Gasteiger partial charge in [-0.25, -0.2) is 15.0 Å². The van der Waals surface area contributed by atoms with E-state index in [4.69, 9.17) is 9.40 Å². The summed E-state index contributed by atoms with van der Waals surface area (Å²) in [6.07, 6.45) is 9.33. The number of nitrogens with zero attached hydrogens (tertiary/aromatic N) is 5. The van der Waals surface area contributed by atoms with Gasteiger partial charge in [-0.3, -0.25) is 4.79 Å². The number of furan rings is 1. The molecule has 3 aromatic rings. The Kier molecular flexibility index (Phi) is 5.31. The Bertz CT molecular complexity index is 1140. The standard InChI is InChI=1S/C24H30N6O2/c1-4-5-17-6-11-25-20(28-17)16-7-12-30(13-8-16)23(31)18-14-32-22-19(18)21(26-15(2)27-22)29-24(3)9-10-24/h6,11,14,16H,4-5,7-10,12-13H2,1-3H3,(H,26,27,29). The van der Waals surface area contributed by atoms with Crippen molar-refractivity contribution in [3.8, 4) is 0 Å². The van der Waals surface area contributed by atoms with Crippen molar-refractivity contribution in [2.75, 3.05) is 18.4 Å². The van der Waals surface area contributed by atoms with Crippen molar-refractivity contribution in [1.82, 2.24) is 24.8 Å². The van der Waals surface area contributed by atoms with E-state index in [9.17, 15) is 4.79 Å². The summed E-state index contributed by atoms with van der Waals surface area (Å²) in [5.41, 5.74) is 2.13. The highest BCUT2D eigenvalue weighted by atomic mass is 16.3. The van der Waals surface area contributed by atoms with E-state index in [1.165, 1.54) is 6.26 Å². The number of rotatable bonds is 6. The number of piperidine rings is 1. The molecule has 1 aliphatic carbocycles. The number of fused-ring (bicyclic) bond motifs is 1. The highest BCUT2D eigenvalue weighted by molar-refractivity contribution is 6.09. The summed E-state index contributed by atoms with van der Waals surface area (Å²) in [7, 11) is 0. The lowest BCUT2D eigenvalue weighted by Crippen LogP contribution is -2.38. The summed E-state index contributed by atoms with van der Waals surface area (Å²) in [5, 5.41) is 4.19. The topological polar surface area (TPSA) is 97.0 Å². The zero-order chi connectivity index (χ0) is 22.3. The molecule has 1 saturated carbocycles. The third-order valence-corrected chi connectivity index (χ3v) is 6.58. The van der Waals surface area contributed by atoms with Gasteiger partial charge in [-0.05, 0) is 52.0 Å². The van der Waals surface area contributed by atoms with E-state index >= 15 is 0 Å². The van der Waals surface area contributed by atoms with E-state index < -0.39 is 0 Å². The molecule has 8 heteroatoms. The average Bonchev–Trinajstić information content (AvgIpc) is 3.35. The van der Waals surface area contributed by atoms with Crippen LogP contribution < -0.4 is 5.32 Å². The molecular formula is C24H30N6O2. The molecule has 1 saturated heterocycles. The van der Waals surface area contributed by atoms with Crippen LogP contribution in [0, 0.1) is 6.92 Å². The molecule has 0 aromatic carbocycles. The van der Waals surface area contributed by atoms with Crippen molar-refractivity contribution in [3.05, 3.63) is 41.4 Å². The van der Waals surface area contributed by atoms with Gasteiger partial charge in [0.05, 0.1) is 10.9 Å². The van der Waals surface area contributed by atoms with Gasteiger partial charge in [0.1, 0.15) is 23.7 Å². The maximum Gasteiger partial charge on any atom is 0.257 e. The van der Waals surface area contributed by atoms with E-state index in [0.717, 1.165) is 50.0 Å². The summed E-state index contributed by atoms with van der Waals surface area (Å²) in [6, 6.07) is 1.99. The lowest BCUT2D eigenvalue weighted by molar-refractivity contribution is 0.0712. The van der Waals surface area contributed by atoms with Crippen molar-refractivity contribution in [3.63, 3.8) is 0 Å². The van der Waals surface area contributed by atoms with Gasteiger partial charge in [0.15, 0.2) is 0 Å². The maximum absolute atomic E-state index is 13.4. The Labute approximate surface area is 187 Å². The predicted molar refractivity (Wildman–Crippen MR) is 122 cm³/mol. The van der Waals surface area contributed by atoms with E-state index in [-0.39, 0.29) is 17.4 Å². The molecule has 4 heterocycles.